The van der Waals surface area contributed by atoms with Crippen LogP contribution in [0, 0.1) is 30.1 Å². The van der Waals surface area contributed by atoms with E-state index in [1.54, 1.807) is 12.7 Å². The summed E-state index contributed by atoms with van der Waals surface area (Å²) in [4.78, 5) is 39.3. The monoisotopic (exact) mass is 1540 g/mol. The fraction of sp³-hybridized carbons (Fsp3) is 0.366. The first-order chi connectivity index (χ1) is 47.6. The Morgan fingerprint density at radius 2 is 0.737 bits per heavy atom. The van der Waals surface area contributed by atoms with E-state index < -0.39 is 52.9 Å². The van der Waals surface area contributed by atoms with Crippen LogP contribution in [-0.2, 0) is 0 Å². The molecule has 15 atom stereocenters. The van der Waals surface area contributed by atoms with Crippen LogP contribution in [0.4, 0.5) is 17.5 Å². The van der Waals surface area contributed by atoms with Crippen molar-refractivity contribution < 1.29 is 30.6 Å². The van der Waals surface area contributed by atoms with Crippen LogP contribution in [0.15, 0.2) is 142 Å². The molecule has 0 bridgehead atoms. The maximum atomic E-state index is 11.2. The van der Waals surface area contributed by atoms with E-state index in [4.69, 9.17) is 28.8 Å². The van der Waals surface area contributed by atoms with Gasteiger partial charge in [0, 0.05) is 99.5 Å². The molecule has 3 saturated heterocycles. The molecule has 24 nitrogen and oxygen atoms in total. The molecular formula is C71H72Br3ClN18O6. The van der Waals surface area contributed by atoms with Crippen molar-refractivity contribution >= 4 is 143 Å². The van der Waals surface area contributed by atoms with Crippen LogP contribution < -0.4 is 33.2 Å². The number of fused-ring (bicyclic) bond motifs is 6. The Morgan fingerprint density at radius 1 is 0.424 bits per heavy atom. The van der Waals surface area contributed by atoms with Crippen molar-refractivity contribution in [3.8, 4) is 0 Å². The average molecular weight is 1550 g/mol. The zero-order valence-corrected chi connectivity index (χ0v) is 59.2. The SMILES string of the molecule is Cc1ncnc2c1ccn2[C@@H]1C[C@@]2(CN[C@H](c3ccc4cc(Br)c(N)nc4c3)C2)[C@@H](O)[C@H]1O.Cc1ncnc2c1ccn2[C@@H]1C[C@@]2(CN[C@H](c3ccc4cc(Br)c(N)nc4c3)C2)[C@@H](O)[C@H]1O.Nc1nc2cc([C@H]3C[C@@]4(CN3)C[C@@H](n3ccc5c(Cl)ncnc53)[C@H](O)[C@@H]4O)ccc2cc1Br. The van der Waals surface area contributed by atoms with E-state index in [0.29, 0.717) is 73.6 Å². The first-order valence-electron chi connectivity index (χ1n) is 33.0. The van der Waals surface area contributed by atoms with Crippen molar-refractivity contribution in [3.63, 3.8) is 0 Å². The summed E-state index contributed by atoms with van der Waals surface area (Å²) in [5.41, 5.74) is 26.5. The van der Waals surface area contributed by atoms with Gasteiger partial charge in [-0.05, 0) is 171 Å². The lowest BCUT2D eigenvalue weighted by molar-refractivity contribution is -0.0218. The van der Waals surface area contributed by atoms with Crippen LogP contribution in [0.1, 0.15) is 103 Å². The molecule has 3 aliphatic carbocycles. The number of nitrogens with zero attached hydrogens (tertiary/aromatic N) is 12. The van der Waals surface area contributed by atoms with Crippen LogP contribution >= 0.6 is 59.4 Å². The second-order valence-corrected chi connectivity index (χ2v) is 30.9. The highest BCUT2D eigenvalue weighted by atomic mass is 79.9. The molecule has 3 aromatic carbocycles. The zero-order chi connectivity index (χ0) is 68.7. The maximum absolute atomic E-state index is 11.2. The molecule has 18 rings (SSSR count). The number of anilines is 3. The van der Waals surface area contributed by atoms with Gasteiger partial charge in [0.05, 0.1) is 83.2 Å². The molecule has 6 aliphatic rings. The molecule has 0 unspecified atom stereocenters. The Morgan fingerprint density at radius 3 is 1.08 bits per heavy atom. The third-order valence-corrected chi connectivity index (χ3v) is 24.6. The van der Waals surface area contributed by atoms with Crippen LogP contribution in [-0.4, -0.2) is 145 Å². The highest BCUT2D eigenvalue weighted by Crippen LogP contribution is 2.56. The molecule has 15 N–H and O–H groups in total. The number of nitrogen functional groups attached to an aromatic ring is 3. The average Bonchev–Trinajstić information content (AvgIpc) is 1.59. The number of aryl methyl sites for hydroxylation is 2. The van der Waals surface area contributed by atoms with Gasteiger partial charge in [0.25, 0.3) is 0 Å². The lowest BCUT2D eigenvalue weighted by Crippen LogP contribution is -2.38. The van der Waals surface area contributed by atoms with E-state index in [0.717, 1.165) is 114 Å². The molecule has 12 heterocycles. The highest BCUT2D eigenvalue weighted by Gasteiger charge is 2.59. The van der Waals surface area contributed by atoms with Crippen molar-refractivity contribution in [2.24, 2.45) is 16.2 Å². The summed E-state index contributed by atoms with van der Waals surface area (Å²) in [6.07, 6.45) is 9.22. The van der Waals surface area contributed by atoms with Crippen molar-refractivity contribution in [3.05, 3.63) is 175 Å². The van der Waals surface area contributed by atoms with Gasteiger partial charge in [0.1, 0.15) is 76.8 Å². The van der Waals surface area contributed by atoms with Gasteiger partial charge in [-0.15, -0.1) is 0 Å². The number of aliphatic hydroxyl groups excluding tert-OH is 6. The predicted octanol–water partition coefficient (Wildman–Crippen LogP) is 9.41. The van der Waals surface area contributed by atoms with Crippen LogP contribution in [0.25, 0.3) is 65.8 Å². The summed E-state index contributed by atoms with van der Waals surface area (Å²) in [6.45, 7) is 5.77. The minimum absolute atomic E-state index is 0.0415. The van der Waals surface area contributed by atoms with E-state index in [2.05, 4.69) is 139 Å². The van der Waals surface area contributed by atoms with E-state index in [9.17, 15) is 30.6 Å². The lowest BCUT2D eigenvalue weighted by atomic mass is 9.80. The Hall–Kier alpha value is -7.48. The van der Waals surface area contributed by atoms with Gasteiger partial charge in [-0.3, -0.25) is 0 Å². The number of rotatable bonds is 6. The van der Waals surface area contributed by atoms with Crippen LogP contribution in [0.3, 0.4) is 0 Å². The minimum Gasteiger partial charge on any atom is -0.390 e. The van der Waals surface area contributed by atoms with Gasteiger partial charge in [-0.25, -0.2) is 44.9 Å². The Kier molecular flexibility index (Phi) is 16.9. The maximum Gasteiger partial charge on any atom is 0.145 e. The fourth-order valence-electron chi connectivity index (χ4n) is 17.1. The molecule has 99 heavy (non-hydrogen) atoms. The van der Waals surface area contributed by atoms with Crippen molar-refractivity contribution in [2.75, 3.05) is 36.8 Å². The van der Waals surface area contributed by atoms with Crippen molar-refractivity contribution in [1.29, 1.82) is 0 Å². The van der Waals surface area contributed by atoms with Crippen LogP contribution in [0.5, 0.6) is 0 Å². The number of hydrogen-bond acceptors (Lipinski definition) is 21. The topological polar surface area (TPSA) is 366 Å². The molecular weight excluding hydrogens is 1480 g/mol. The number of nitrogens with two attached hydrogens (primary N) is 3. The molecule has 3 aliphatic heterocycles. The van der Waals surface area contributed by atoms with Gasteiger partial charge in [0.2, 0.25) is 0 Å². The summed E-state index contributed by atoms with van der Waals surface area (Å²) < 4.78 is 8.26. The van der Waals surface area contributed by atoms with Crippen LogP contribution in [0.2, 0.25) is 5.15 Å². The largest absolute Gasteiger partial charge is 0.390 e. The standard InChI is InChI=1S/2C24H25BrN6O2.C23H22BrClN6O2/c2*1-12-15-4-5-31(23(15)29-11-28-12)19-9-24(21(33)20(19)32)8-18(27-10-24)14-3-2-13-6-16(25)22(26)30-17(13)7-14;24-14-5-11-1-2-12(6-15(11)30-21(14)26)16-7-23(9-27-16)8-17(18(32)19(23)33)31-4-3-13-20(25)28-10-29-22(13)31/h2*2-7,11,18-21,27,32-33H,8-10H2,1H3,(H2,26,30);1-6,10,16-19,27,32-33H,7-9H2,(H2,26,30)/t2*18-,19+,20-,21-,24-;16-,17-,18+,19+,23+/m001/s1. The molecule has 12 aromatic rings. The first kappa shape index (κ1) is 66.1. The first-order valence-corrected chi connectivity index (χ1v) is 35.7. The van der Waals surface area contributed by atoms with E-state index in [1.165, 1.54) is 6.33 Å². The Labute approximate surface area is 597 Å². The summed E-state index contributed by atoms with van der Waals surface area (Å²) in [5, 5.41) is 83.5. The third kappa shape index (κ3) is 11.3. The molecule has 6 fully saturated rings. The van der Waals surface area contributed by atoms with E-state index in [-0.39, 0.29) is 36.3 Å². The van der Waals surface area contributed by atoms with E-state index >= 15 is 0 Å². The second-order valence-electron chi connectivity index (χ2n) is 28.0. The Bertz CT molecular complexity index is 4680. The normalized spacial score (nSPS) is 29.6. The van der Waals surface area contributed by atoms with Gasteiger partial charge in [0.15, 0.2) is 0 Å². The highest BCUT2D eigenvalue weighted by molar-refractivity contribution is 9.11. The quantitative estimate of drug-likeness (QED) is 0.0689. The number of aromatic nitrogens is 12. The number of nitrogens with one attached hydrogen (secondary N) is 3. The lowest BCUT2D eigenvalue weighted by Gasteiger charge is -2.27. The smallest absolute Gasteiger partial charge is 0.145 e. The van der Waals surface area contributed by atoms with Gasteiger partial charge < -0.3 is 77.5 Å². The number of aliphatic hydroxyl groups is 6. The molecule has 3 spiro atoms. The Balaban J connectivity index is 0.000000116. The molecule has 9 aromatic heterocycles. The molecule has 0 amide bonds. The number of pyridine rings is 3. The fourth-order valence-corrected chi connectivity index (χ4v) is 18.3. The number of halogens is 4. The van der Waals surface area contributed by atoms with Gasteiger partial charge >= 0.3 is 0 Å². The molecule has 3 saturated carbocycles. The van der Waals surface area contributed by atoms with Gasteiger partial charge in [-0.2, -0.15) is 0 Å². The number of benzene rings is 3. The predicted molar refractivity (Wildman–Crippen MR) is 389 cm³/mol. The summed E-state index contributed by atoms with van der Waals surface area (Å²) in [7, 11) is 0. The van der Waals surface area contributed by atoms with Crippen molar-refractivity contribution in [2.45, 2.75) is 125 Å². The second kappa shape index (κ2) is 25.2. The van der Waals surface area contributed by atoms with Gasteiger partial charge in [-0.1, -0.05) is 48.0 Å². The summed E-state index contributed by atoms with van der Waals surface area (Å²) in [6, 6.07) is 29.6. The molecule has 510 valence electrons. The summed E-state index contributed by atoms with van der Waals surface area (Å²) >= 11 is 16.5. The molecule has 28 heteroatoms. The van der Waals surface area contributed by atoms with Crippen molar-refractivity contribution in [1.82, 2.24) is 74.5 Å². The summed E-state index contributed by atoms with van der Waals surface area (Å²) in [5.74, 6) is 1.38. The number of hydrogen-bond donors (Lipinski definition) is 12. The third-order valence-electron chi connectivity index (χ3n) is 22.4. The van der Waals surface area contributed by atoms with E-state index in [1.807, 2.05) is 107 Å². The molecule has 0 radical (unpaired) electrons. The zero-order valence-electron chi connectivity index (χ0n) is 53.7. The minimum atomic E-state index is -0.912.